The van der Waals surface area contributed by atoms with E-state index in [1.807, 2.05) is 36.8 Å². The molecule has 1 aromatic rings. The van der Waals surface area contributed by atoms with Crippen molar-refractivity contribution in [3.8, 4) is 0 Å². The zero-order chi connectivity index (χ0) is 13.7. The topological polar surface area (TPSA) is 70.6 Å². The van der Waals surface area contributed by atoms with Crippen LogP contribution in [0.3, 0.4) is 0 Å². The molecule has 0 unspecified atom stereocenters. The van der Waals surface area contributed by atoms with Crippen molar-refractivity contribution in [3.63, 3.8) is 0 Å². The first-order valence-corrected chi connectivity index (χ1v) is 7.44. The van der Waals surface area contributed by atoms with E-state index in [1.165, 1.54) is 0 Å². The smallest absolute Gasteiger partial charge is 0.225 e. The molecule has 1 aliphatic rings. The van der Waals surface area contributed by atoms with Crippen LogP contribution < -0.4 is 10.6 Å². The van der Waals surface area contributed by atoms with Crippen molar-refractivity contribution in [3.05, 3.63) is 18.0 Å². The van der Waals surface area contributed by atoms with Gasteiger partial charge in [0.25, 0.3) is 0 Å². The van der Waals surface area contributed by atoms with Crippen LogP contribution in [0.4, 0.5) is 5.95 Å². The van der Waals surface area contributed by atoms with Gasteiger partial charge in [0.15, 0.2) is 5.96 Å². The second-order valence-electron chi connectivity index (χ2n) is 4.52. The van der Waals surface area contributed by atoms with E-state index in [0.29, 0.717) is 18.5 Å². The van der Waals surface area contributed by atoms with Gasteiger partial charge in [0.05, 0.1) is 12.2 Å². The van der Waals surface area contributed by atoms with Crippen LogP contribution in [-0.2, 0) is 6.54 Å². The maximum absolute atomic E-state index is 6.01. The lowest BCUT2D eigenvalue weighted by Gasteiger charge is -2.27. The van der Waals surface area contributed by atoms with E-state index in [1.54, 1.807) is 6.20 Å². The number of aromatic nitrogens is 2. The second kappa shape index (κ2) is 8.50. The number of anilines is 1. The third kappa shape index (κ3) is 4.97. The Morgan fingerprint density at radius 1 is 1.45 bits per heavy atom. The number of rotatable bonds is 3. The molecule has 8 heteroatoms. The summed E-state index contributed by atoms with van der Waals surface area (Å²) in [6, 6.07) is 1.87. The van der Waals surface area contributed by atoms with Gasteiger partial charge in [0.2, 0.25) is 5.95 Å². The molecular formula is C12H21IN6S. The Bertz CT molecular complexity index is 447. The predicted molar refractivity (Wildman–Crippen MR) is 96.0 cm³/mol. The van der Waals surface area contributed by atoms with Crippen LogP contribution in [0.1, 0.15) is 5.69 Å². The quantitative estimate of drug-likeness (QED) is 0.458. The van der Waals surface area contributed by atoms with Gasteiger partial charge in [0, 0.05) is 44.9 Å². The van der Waals surface area contributed by atoms with Gasteiger partial charge < -0.3 is 15.5 Å². The minimum atomic E-state index is 0. The third-order valence-electron chi connectivity index (χ3n) is 2.84. The fraction of sp³-hybridized carbons (Fsp3) is 0.583. The molecule has 0 aromatic carbocycles. The van der Waals surface area contributed by atoms with Gasteiger partial charge in [-0.05, 0) is 6.07 Å². The van der Waals surface area contributed by atoms with Crippen molar-refractivity contribution < 1.29 is 0 Å². The number of nitrogens with two attached hydrogens (primary N) is 1. The van der Waals surface area contributed by atoms with E-state index in [4.69, 9.17) is 5.73 Å². The molecule has 0 saturated carbocycles. The molecule has 0 aliphatic carbocycles. The standard InChI is InChI=1S/C12H20N6S.HI/c1-17(2)12-14-4-3-10(16-12)9-15-11(13)18-5-7-19-8-6-18;/h3-4H,5-9H2,1-2H3,(H2,13,15);1H. The molecule has 1 saturated heterocycles. The summed E-state index contributed by atoms with van der Waals surface area (Å²) in [7, 11) is 3.84. The van der Waals surface area contributed by atoms with Crippen LogP contribution in [-0.4, -0.2) is 59.5 Å². The minimum Gasteiger partial charge on any atom is -0.370 e. The molecule has 0 bridgehead atoms. The van der Waals surface area contributed by atoms with E-state index in [9.17, 15) is 0 Å². The number of thioether (sulfide) groups is 1. The lowest BCUT2D eigenvalue weighted by Crippen LogP contribution is -2.42. The van der Waals surface area contributed by atoms with Crippen LogP contribution >= 0.6 is 35.7 Å². The van der Waals surface area contributed by atoms with Gasteiger partial charge in [-0.2, -0.15) is 11.8 Å². The van der Waals surface area contributed by atoms with Gasteiger partial charge in [-0.3, -0.25) is 0 Å². The summed E-state index contributed by atoms with van der Waals surface area (Å²) in [6.07, 6.45) is 1.75. The minimum absolute atomic E-state index is 0. The molecule has 0 amide bonds. The Kier molecular flexibility index (Phi) is 7.35. The molecule has 2 heterocycles. The van der Waals surface area contributed by atoms with E-state index >= 15 is 0 Å². The Hall–Kier alpha value is -0.770. The van der Waals surface area contributed by atoms with Crippen molar-refractivity contribution in [1.82, 2.24) is 14.9 Å². The van der Waals surface area contributed by atoms with Crippen LogP contribution in [0.2, 0.25) is 0 Å². The second-order valence-corrected chi connectivity index (χ2v) is 5.74. The summed E-state index contributed by atoms with van der Waals surface area (Å²) >= 11 is 1.96. The van der Waals surface area contributed by atoms with Gasteiger partial charge in [-0.25, -0.2) is 15.0 Å². The number of hydrogen-bond donors (Lipinski definition) is 1. The Labute approximate surface area is 141 Å². The molecule has 20 heavy (non-hydrogen) atoms. The molecule has 1 aromatic heterocycles. The SMILES string of the molecule is CN(C)c1nccc(CN=C(N)N2CCSCC2)n1.I. The maximum Gasteiger partial charge on any atom is 0.225 e. The van der Waals surface area contributed by atoms with Gasteiger partial charge in [-0.15, -0.1) is 24.0 Å². The number of aliphatic imine (C=N–C) groups is 1. The first kappa shape index (κ1) is 17.3. The van der Waals surface area contributed by atoms with Crippen LogP contribution in [0.15, 0.2) is 17.3 Å². The largest absolute Gasteiger partial charge is 0.370 e. The van der Waals surface area contributed by atoms with Gasteiger partial charge >= 0.3 is 0 Å². The zero-order valence-electron chi connectivity index (χ0n) is 11.8. The van der Waals surface area contributed by atoms with Crippen molar-refractivity contribution >= 4 is 47.6 Å². The highest BCUT2D eigenvalue weighted by Gasteiger charge is 2.12. The predicted octanol–water partition coefficient (Wildman–Crippen LogP) is 1.02. The molecule has 6 nitrogen and oxygen atoms in total. The van der Waals surface area contributed by atoms with Gasteiger partial charge in [-0.1, -0.05) is 0 Å². The average molecular weight is 408 g/mol. The summed E-state index contributed by atoms with van der Waals surface area (Å²) in [5, 5.41) is 0. The molecule has 0 atom stereocenters. The molecule has 112 valence electrons. The number of guanidine groups is 1. The van der Waals surface area contributed by atoms with Gasteiger partial charge in [0.1, 0.15) is 0 Å². The molecule has 0 spiro atoms. The fourth-order valence-corrected chi connectivity index (χ4v) is 2.65. The van der Waals surface area contributed by atoms with Crippen molar-refractivity contribution in [2.75, 3.05) is 43.6 Å². The first-order chi connectivity index (χ1) is 9.16. The summed E-state index contributed by atoms with van der Waals surface area (Å²) in [5.41, 5.74) is 6.89. The van der Waals surface area contributed by atoms with Crippen molar-refractivity contribution in [2.45, 2.75) is 6.54 Å². The van der Waals surface area contributed by atoms with Crippen LogP contribution in [0.25, 0.3) is 0 Å². The highest BCUT2D eigenvalue weighted by Crippen LogP contribution is 2.09. The van der Waals surface area contributed by atoms with E-state index in [2.05, 4.69) is 19.9 Å². The van der Waals surface area contributed by atoms with E-state index < -0.39 is 0 Å². The summed E-state index contributed by atoms with van der Waals surface area (Å²) in [5.74, 6) is 3.55. The molecule has 1 fully saturated rings. The average Bonchev–Trinajstić information content (AvgIpc) is 2.46. The van der Waals surface area contributed by atoms with E-state index in [0.717, 1.165) is 30.3 Å². The Morgan fingerprint density at radius 2 is 2.15 bits per heavy atom. The monoisotopic (exact) mass is 408 g/mol. The lowest BCUT2D eigenvalue weighted by molar-refractivity contribution is 0.455. The Balaban J connectivity index is 0.00000200. The molecule has 2 rings (SSSR count). The van der Waals surface area contributed by atoms with Crippen LogP contribution in [0, 0.1) is 0 Å². The van der Waals surface area contributed by atoms with Crippen molar-refractivity contribution in [2.24, 2.45) is 10.7 Å². The van der Waals surface area contributed by atoms with Crippen molar-refractivity contribution in [1.29, 1.82) is 0 Å². The number of hydrogen-bond acceptors (Lipinski definition) is 5. The zero-order valence-corrected chi connectivity index (χ0v) is 15.0. The van der Waals surface area contributed by atoms with E-state index in [-0.39, 0.29) is 24.0 Å². The summed E-state index contributed by atoms with van der Waals surface area (Å²) < 4.78 is 0. The number of halogens is 1. The fourth-order valence-electron chi connectivity index (χ4n) is 1.74. The highest BCUT2D eigenvalue weighted by molar-refractivity contribution is 14.0. The molecule has 2 N–H and O–H groups in total. The normalized spacial score (nSPS) is 15.7. The lowest BCUT2D eigenvalue weighted by atomic mass is 10.4. The highest BCUT2D eigenvalue weighted by atomic mass is 127. The number of nitrogens with zero attached hydrogens (tertiary/aromatic N) is 5. The molecule has 1 aliphatic heterocycles. The maximum atomic E-state index is 6.01. The third-order valence-corrected chi connectivity index (χ3v) is 3.78. The molecule has 0 radical (unpaired) electrons. The summed E-state index contributed by atoms with van der Waals surface area (Å²) in [6.45, 7) is 2.46. The summed E-state index contributed by atoms with van der Waals surface area (Å²) in [4.78, 5) is 17.0. The first-order valence-electron chi connectivity index (χ1n) is 6.28. The Morgan fingerprint density at radius 3 is 2.80 bits per heavy atom. The molecular weight excluding hydrogens is 387 g/mol. The van der Waals surface area contributed by atoms with Crippen LogP contribution in [0.5, 0.6) is 0 Å².